The molecule has 3 rings (SSSR count). The Labute approximate surface area is 135 Å². The van der Waals surface area contributed by atoms with Gasteiger partial charge in [-0.05, 0) is 31.0 Å². The molecular formula is C18H23NO4. The minimum atomic E-state index is -0.309. The smallest absolute Gasteiger partial charge is 0.336 e. The van der Waals surface area contributed by atoms with Crippen molar-refractivity contribution in [3.05, 3.63) is 39.7 Å². The normalized spacial score (nSPS) is 18.8. The molecule has 0 saturated carbocycles. The van der Waals surface area contributed by atoms with Crippen LogP contribution >= 0.6 is 0 Å². The molecule has 5 heteroatoms. The highest BCUT2D eigenvalue weighted by Gasteiger charge is 2.15. The number of rotatable bonds is 4. The van der Waals surface area contributed by atoms with Crippen molar-refractivity contribution in [2.75, 3.05) is 32.9 Å². The maximum absolute atomic E-state index is 11.7. The second-order valence-electron chi connectivity index (χ2n) is 5.97. The zero-order chi connectivity index (χ0) is 16.2. The van der Waals surface area contributed by atoms with Gasteiger partial charge in [0, 0.05) is 36.0 Å². The number of fused-ring (bicyclic) bond motifs is 1. The van der Waals surface area contributed by atoms with Crippen molar-refractivity contribution < 1.29 is 13.9 Å². The van der Waals surface area contributed by atoms with Gasteiger partial charge in [-0.25, -0.2) is 4.79 Å². The summed E-state index contributed by atoms with van der Waals surface area (Å²) in [6, 6.07) is 5.50. The van der Waals surface area contributed by atoms with Crippen molar-refractivity contribution >= 4 is 11.0 Å². The lowest BCUT2D eigenvalue weighted by Gasteiger charge is -2.17. The Balaban J connectivity index is 1.84. The van der Waals surface area contributed by atoms with Crippen molar-refractivity contribution in [1.82, 2.24) is 5.32 Å². The fraction of sp³-hybridized carbons (Fsp3) is 0.500. The Hall–Kier alpha value is -1.85. The summed E-state index contributed by atoms with van der Waals surface area (Å²) in [5.41, 5.74) is 2.20. The number of ether oxygens (including phenoxy) is 2. The molecule has 1 aromatic carbocycles. The summed E-state index contributed by atoms with van der Waals surface area (Å²) in [4.78, 5) is 11.7. The van der Waals surface area contributed by atoms with Gasteiger partial charge in [-0.1, -0.05) is 6.92 Å². The lowest BCUT2D eigenvalue weighted by atomic mass is 10.0. The Morgan fingerprint density at radius 3 is 3.09 bits per heavy atom. The monoisotopic (exact) mass is 317 g/mol. The maximum atomic E-state index is 11.7. The van der Waals surface area contributed by atoms with Crippen LogP contribution in [0.1, 0.15) is 18.1 Å². The van der Waals surface area contributed by atoms with E-state index in [1.54, 1.807) is 6.07 Å². The van der Waals surface area contributed by atoms with E-state index in [1.807, 2.05) is 26.0 Å². The van der Waals surface area contributed by atoms with E-state index in [4.69, 9.17) is 13.9 Å². The quantitative estimate of drug-likeness (QED) is 0.877. The number of hydrogen-bond acceptors (Lipinski definition) is 5. The van der Waals surface area contributed by atoms with Crippen molar-refractivity contribution in [3.63, 3.8) is 0 Å². The molecule has 0 spiro atoms. The third-order valence-electron chi connectivity index (χ3n) is 4.26. The van der Waals surface area contributed by atoms with Crippen LogP contribution in [-0.2, 0) is 11.2 Å². The summed E-state index contributed by atoms with van der Waals surface area (Å²) in [7, 11) is 0. The molecule has 1 fully saturated rings. The molecule has 23 heavy (non-hydrogen) atoms. The van der Waals surface area contributed by atoms with Crippen molar-refractivity contribution in [2.24, 2.45) is 5.92 Å². The van der Waals surface area contributed by atoms with Gasteiger partial charge in [0.25, 0.3) is 0 Å². The predicted molar refractivity (Wildman–Crippen MR) is 89.3 cm³/mol. The van der Waals surface area contributed by atoms with Crippen LogP contribution in [0, 0.1) is 12.8 Å². The molecule has 1 aliphatic rings. The van der Waals surface area contributed by atoms with Gasteiger partial charge in [-0.15, -0.1) is 0 Å². The van der Waals surface area contributed by atoms with Gasteiger partial charge in [0.2, 0.25) is 0 Å². The van der Waals surface area contributed by atoms with Gasteiger partial charge in [0.15, 0.2) is 0 Å². The summed E-state index contributed by atoms with van der Waals surface area (Å²) >= 11 is 0. The molecule has 0 bridgehead atoms. The second-order valence-corrected chi connectivity index (χ2v) is 5.97. The molecule has 1 unspecified atom stereocenters. The molecule has 1 aromatic heterocycles. The molecule has 124 valence electrons. The lowest BCUT2D eigenvalue weighted by molar-refractivity contribution is 0.101. The van der Waals surface area contributed by atoms with Crippen LogP contribution in [0.25, 0.3) is 11.0 Å². The van der Waals surface area contributed by atoms with Gasteiger partial charge < -0.3 is 19.2 Å². The van der Waals surface area contributed by atoms with Gasteiger partial charge in [0.05, 0.1) is 19.8 Å². The second kappa shape index (κ2) is 7.15. The topological polar surface area (TPSA) is 60.7 Å². The Kier molecular flexibility index (Phi) is 4.98. The third kappa shape index (κ3) is 3.57. The van der Waals surface area contributed by atoms with Crippen LogP contribution in [0.2, 0.25) is 0 Å². The van der Waals surface area contributed by atoms with Gasteiger partial charge in [-0.3, -0.25) is 0 Å². The van der Waals surface area contributed by atoms with E-state index in [2.05, 4.69) is 5.32 Å². The summed E-state index contributed by atoms with van der Waals surface area (Å²) in [5, 5.41) is 4.32. The average molecular weight is 317 g/mol. The summed E-state index contributed by atoms with van der Waals surface area (Å²) in [6.45, 7) is 7.77. The van der Waals surface area contributed by atoms with Gasteiger partial charge in [-0.2, -0.15) is 0 Å². The standard InChI is InChI=1S/C18H23NO4/c1-3-14-8-17(20)23-18-12(2)16(5-4-15(14)18)22-11-13-9-19-6-7-21-10-13/h4-5,8,13,19H,3,6-7,9-11H2,1-2H3. The van der Waals surface area contributed by atoms with Crippen LogP contribution in [0.5, 0.6) is 5.75 Å². The fourth-order valence-electron chi connectivity index (χ4n) is 2.93. The molecule has 0 radical (unpaired) electrons. The van der Waals surface area contributed by atoms with Crippen LogP contribution in [-0.4, -0.2) is 32.9 Å². The molecule has 1 aliphatic heterocycles. The van der Waals surface area contributed by atoms with E-state index in [0.717, 1.165) is 48.4 Å². The number of benzene rings is 1. The first-order chi connectivity index (χ1) is 11.2. The summed E-state index contributed by atoms with van der Waals surface area (Å²) < 4.78 is 16.9. The largest absolute Gasteiger partial charge is 0.493 e. The molecule has 1 saturated heterocycles. The lowest BCUT2D eigenvalue weighted by Crippen LogP contribution is -2.27. The van der Waals surface area contributed by atoms with Crippen molar-refractivity contribution in [1.29, 1.82) is 0 Å². The number of aryl methyl sites for hydroxylation is 2. The molecule has 1 atom stereocenters. The van der Waals surface area contributed by atoms with E-state index >= 15 is 0 Å². The van der Waals surface area contributed by atoms with Crippen LogP contribution < -0.4 is 15.7 Å². The predicted octanol–water partition coefficient (Wildman–Crippen LogP) is 2.28. The van der Waals surface area contributed by atoms with Crippen LogP contribution in [0.3, 0.4) is 0 Å². The van der Waals surface area contributed by atoms with E-state index in [9.17, 15) is 4.79 Å². The Morgan fingerprint density at radius 2 is 2.26 bits per heavy atom. The third-order valence-corrected chi connectivity index (χ3v) is 4.26. The first kappa shape index (κ1) is 16.0. The molecule has 2 aromatic rings. The SMILES string of the molecule is CCc1cc(=O)oc2c(C)c(OCC3CNCCOC3)ccc12. The first-order valence-corrected chi connectivity index (χ1v) is 8.16. The average Bonchev–Trinajstić information content (AvgIpc) is 2.83. The zero-order valence-electron chi connectivity index (χ0n) is 13.7. The van der Waals surface area contributed by atoms with E-state index in [-0.39, 0.29) is 5.63 Å². The van der Waals surface area contributed by atoms with E-state index in [0.29, 0.717) is 24.7 Å². The Morgan fingerprint density at radius 1 is 1.39 bits per heavy atom. The fourth-order valence-corrected chi connectivity index (χ4v) is 2.93. The molecule has 5 nitrogen and oxygen atoms in total. The maximum Gasteiger partial charge on any atom is 0.336 e. The molecule has 0 amide bonds. The minimum Gasteiger partial charge on any atom is -0.493 e. The summed E-state index contributed by atoms with van der Waals surface area (Å²) in [6.07, 6.45) is 0.798. The highest BCUT2D eigenvalue weighted by atomic mass is 16.5. The minimum absolute atomic E-state index is 0.309. The van der Waals surface area contributed by atoms with Crippen LogP contribution in [0.15, 0.2) is 27.4 Å². The van der Waals surface area contributed by atoms with Crippen molar-refractivity contribution in [2.45, 2.75) is 20.3 Å². The highest BCUT2D eigenvalue weighted by molar-refractivity contribution is 5.84. The highest BCUT2D eigenvalue weighted by Crippen LogP contribution is 2.29. The van der Waals surface area contributed by atoms with Crippen LogP contribution in [0.4, 0.5) is 0 Å². The van der Waals surface area contributed by atoms with Gasteiger partial charge >= 0.3 is 5.63 Å². The van der Waals surface area contributed by atoms with E-state index in [1.165, 1.54) is 0 Å². The molecular weight excluding hydrogens is 294 g/mol. The number of hydrogen-bond donors (Lipinski definition) is 1. The summed E-state index contributed by atoms with van der Waals surface area (Å²) in [5.74, 6) is 1.08. The first-order valence-electron chi connectivity index (χ1n) is 8.16. The van der Waals surface area contributed by atoms with Crippen molar-refractivity contribution in [3.8, 4) is 5.75 Å². The van der Waals surface area contributed by atoms with E-state index < -0.39 is 0 Å². The molecule has 0 aliphatic carbocycles. The zero-order valence-corrected chi connectivity index (χ0v) is 13.7. The Bertz CT molecular complexity index is 730. The molecule has 1 N–H and O–H groups in total. The molecule has 2 heterocycles. The van der Waals surface area contributed by atoms with Gasteiger partial charge in [0.1, 0.15) is 11.3 Å². The number of nitrogens with one attached hydrogen (secondary N) is 1.